The molecular formula is C25H22N4O3S. The van der Waals surface area contributed by atoms with Crippen molar-refractivity contribution in [3.05, 3.63) is 94.5 Å². The predicted molar refractivity (Wildman–Crippen MR) is 125 cm³/mol. The number of hydrogen-bond donors (Lipinski definition) is 1. The molecule has 33 heavy (non-hydrogen) atoms. The highest BCUT2D eigenvalue weighted by molar-refractivity contribution is 7.15. The minimum absolute atomic E-state index is 0.0664. The maximum atomic E-state index is 12.5. The largest absolute Gasteiger partial charge is 0.485 e. The summed E-state index contributed by atoms with van der Waals surface area (Å²) >= 11 is 1.20. The predicted octanol–water partition coefficient (Wildman–Crippen LogP) is 5.03. The van der Waals surface area contributed by atoms with Gasteiger partial charge in [0.25, 0.3) is 11.1 Å². The lowest BCUT2D eigenvalue weighted by molar-refractivity contribution is 0.0954. The van der Waals surface area contributed by atoms with Gasteiger partial charge in [-0.15, -0.1) is 0 Å². The fourth-order valence-corrected chi connectivity index (χ4v) is 4.41. The van der Waals surface area contributed by atoms with Crippen LogP contribution in [0.5, 0.6) is 16.7 Å². The third-order valence-electron chi connectivity index (χ3n) is 5.33. The molecule has 1 N–H and O–H groups in total. The molecule has 3 heterocycles. The molecule has 1 aliphatic heterocycles. The number of hydrogen-bond acceptors (Lipinski definition) is 7. The summed E-state index contributed by atoms with van der Waals surface area (Å²) in [5, 5.41) is 3.26. The van der Waals surface area contributed by atoms with Crippen molar-refractivity contribution in [2.24, 2.45) is 0 Å². The topological polar surface area (TPSA) is 86.2 Å². The van der Waals surface area contributed by atoms with Crippen molar-refractivity contribution in [3.8, 4) is 16.7 Å². The van der Waals surface area contributed by atoms with Gasteiger partial charge in [0, 0.05) is 6.20 Å². The van der Waals surface area contributed by atoms with Gasteiger partial charge in [-0.2, -0.15) is 0 Å². The standard InChI is InChI=1S/C25H22N4O3S/c1-16-26-12-11-19(29-16)14-27-24(30)23-15-28-25(33-23)31-20-8-10-22-18(13-20)7-9-21(32-22)17-5-3-2-4-6-17/h2-6,8,10-13,15,21H,7,9,14H2,1H3,(H,27,30). The summed E-state index contributed by atoms with van der Waals surface area (Å²) in [4.78, 5) is 25.5. The lowest BCUT2D eigenvalue weighted by Crippen LogP contribution is -2.22. The Morgan fingerprint density at radius 3 is 2.91 bits per heavy atom. The summed E-state index contributed by atoms with van der Waals surface area (Å²) in [6.07, 6.45) is 5.07. The molecule has 0 bridgehead atoms. The molecule has 2 aromatic carbocycles. The van der Waals surface area contributed by atoms with Gasteiger partial charge in [0.15, 0.2) is 0 Å². The zero-order valence-electron chi connectivity index (χ0n) is 18.0. The van der Waals surface area contributed by atoms with Crippen LogP contribution in [0.15, 0.2) is 67.0 Å². The SMILES string of the molecule is Cc1nccc(CNC(=O)c2cnc(Oc3ccc4c(c3)CCC(c3ccccc3)O4)s2)n1. The molecule has 0 aliphatic carbocycles. The normalized spacial score (nSPS) is 14.8. The molecular weight excluding hydrogens is 436 g/mol. The van der Waals surface area contributed by atoms with Gasteiger partial charge in [-0.05, 0) is 55.2 Å². The number of fused-ring (bicyclic) bond motifs is 1. The van der Waals surface area contributed by atoms with E-state index in [4.69, 9.17) is 9.47 Å². The Bertz CT molecular complexity index is 1280. The molecule has 166 valence electrons. The first-order valence-corrected chi connectivity index (χ1v) is 11.5. The number of carbonyl (C=O) groups is 1. The number of benzene rings is 2. The van der Waals surface area contributed by atoms with Crippen LogP contribution in [0.3, 0.4) is 0 Å². The van der Waals surface area contributed by atoms with E-state index >= 15 is 0 Å². The molecule has 1 aliphatic rings. The van der Waals surface area contributed by atoms with Crippen LogP contribution in [0, 0.1) is 6.92 Å². The molecule has 0 fully saturated rings. The molecule has 5 rings (SSSR count). The van der Waals surface area contributed by atoms with Gasteiger partial charge < -0.3 is 14.8 Å². The minimum Gasteiger partial charge on any atom is -0.485 e. The van der Waals surface area contributed by atoms with E-state index in [1.54, 1.807) is 12.3 Å². The first-order valence-electron chi connectivity index (χ1n) is 10.7. The lowest BCUT2D eigenvalue weighted by atomic mass is 9.97. The Morgan fingerprint density at radius 2 is 2.06 bits per heavy atom. The maximum Gasteiger partial charge on any atom is 0.279 e. The highest BCUT2D eigenvalue weighted by atomic mass is 32.1. The Hall–Kier alpha value is -3.78. The van der Waals surface area contributed by atoms with E-state index in [2.05, 4.69) is 32.4 Å². The first kappa shape index (κ1) is 21.1. The van der Waals surface area contributed by atoms with Gasteiger partial charge in [-0.1, -0.05) is 41.7 Å². The number of nitrogens with one attached hydrogen (secondary N) is 1. The van der Waals surface area contributed by atoms with E-state index in [9.17, 15) is 4.79 Å². The van der Waals surface area contributed by atoms with Crippen LogP contribution >= 0.6 is 11.3 Å². The van der Waals surface area contributed by atoms with E-state index in [0.717, 1.165) is 29.8 Å². The second kappa shape index (κ2) is 9.38. The zero-order valence-corrected chi connectivity index (χ0v) is 18.8. The fourth-order valence-electron chi connectivity index (χ4n) is 3.70. The average Bonchev–Trinajstić information content (AvgIpc) is 3.31. The Labute approximate surface area is 195 Å². The molecule has 1 atom stereocenters. The second-order valence-corrected chi connectivity index (χ2v) is 8.69. The number of aryl methyl sites for hydroxylation is 2. The lowest BCUT2D eigenvalue weighted by Gasteiger charge is -2.26. The van der Waals surface area contributed by atoms with E-state index < -0.39 is 0 Å². The molecule has 7 nitrogen and oxygen atoms in total. The van der Waals surface area contributed by atoms with Crippen LogP contribution in [-0.2, 0) is 13.0 Å². The smallest absolute Gasteiger partial charge is 0.279 e. The molecule has 0 saturated carbocycles. The Balaban J connectivity index is 1.21. The van der Waals surface area contributed by atoms with E-state index in [1.165, 1.54) is 23.1 Å². The van der Waals surface area contributed by atoms with Gasteiger partial charge in [0.2, 0.25) is 0 Å². The Morgan fingerprint density at radius 1 is 1.18 bits per heavy atom. The molecule has 0 saturated heterocycles. The number of thiazole rings is 1. The van der Waals surface area contributed by atoms with Crippen LogP contribution in [-0.4, -0.2) is 20.9 Å². The Kier molecular flexibility index (Phi) is 5.99. The van der Waals surface area contributed by atoms with Crippen molar-refractivity contribution in [2.45, 2.75) is 32.4 Å². The minimum atomic E-state index is -0.218. The molecule has 2 aromatic heterocycles. The molecule has 0 spiro atoms. The fraction of sp³-hybridized carbons (Fsp3) is 0.200. The van der Waals surface area contributed by atoms with Crippen LogP contribution in [0.2, 0.25) is 0 Å². The van der Waals surface area contributed by atoms with Crippen LogP contribution in [0.1, 0.15) is 44.8 Å². The highest BCUT2D eigenvalue weighted by Crippen LogP contribution is 2.38. The van der Waals surface area contributed by atoms with Gasteiger partial charge >= 0.3 is 0 Å². The number of amides is 1. The summed E-state index contributed by atoms with van der Waals surface area (Å²) in [6, 6.07) is 17.8. The summed E-state index contributed by atoms with van der Waals surface area (Å²) in [7, 11) is 0. The zero-order chi connectivity index (χ0) is 22.6. The quantitative estimate of drug-likeness (QED) is 0.436. The van der Waals surface area contributed by atoms with Crippen molar-refractivity contribution >= 4 is 17.2 Å². The van der Waals surface area contributed by atoms with Gasteiger partial charge in [-0.25, -0.2) is 15.0 Å². The van der Waals surface area contributed by atoms with E-state index in [-0.39, 0.29) is 12.0 Å². The van der Waals surface area contributed by atoms with Crippen molar-refractivity contribution < 1.29 is 14.3 Å². The summed E-state index contributed by atoms with van der Waals surface area (Å²) in [5.41, 5.74) is 3.05. The number of aromatic nitrogens is 3. The second-order valence-electron chi connectivity index (χ2n) is 7.70. The third kappa shape index (κ3) is 5.01. The molecule has 4 aromatic rings. The van der Waals surface area contributed by atoms with E-state index in [1.807, 2.05) is 43.3 Å². The first-order chi connectivity index (χ1) is 16.1. The number of carbonyl (C=O) groups excluding carboxylic acids is 1. The molecule has 1 unspecified atom stereocenters. The number of ether oxygens (including phenoxy) is 2. The number of rotatable bonds is 6. The van der Waals surface area contributed by atoms with Crippen LogP contribution in [0.4, 0.5) is 0 Å². The third-order valence-corrected chi connectivity index (χ3v) is 6.20. The maximum absolute atomic E-state index is 12.5. The van der Waals surface area contributed by atoms with Crippen LogP contribution in [0.25, 0.3) is 0 Å². The molecule has 0 radical (unpaired) electrons. The van der Waals surface area contributed by atoms with Crippen molar-refractivity contribution in [1.82, 2.24) is 20.3 Å². The van der Waals surface area contributed by atoms with E-state index in [0.29, 0.717) is 28.2 Å². The van der Waals surface area contributed by atoms with Crippen molar-refractivity contribution in [1.29, 1.82) is 0 Å². The molecule has 8 heteroatoms. The van der Waals surface area contributed by atoms with Gasteiger partial charge in [0.05, 0.1) is 18.4 Å². The highest BCUT2D eigenvalue weighted by Gasteiger charge is 2.22. The van der Waals surface area contributed by atoms with Crippen molar-refractivity contribution in [2.75, 3.05) is 0 Å². The van der Waals surface area contributed by atoms with Gasteiger partial charge in [-0.3, -0.25) is 4.79 Å². The molecule has 1 amide bonds. The van der Waals surface area contributed by atoms with Crippen LogP contribution < -0.4 is 14.8 Å². The summed E-state index contributed by atoms with van der Waals surface area (Å²) in [6.45, 7) is 2.14. The van der Waals surface area contributed by atoms with Crippen molar-refractivity contribution in [3.63, 3.8) is 0 Å². The number of nitrogens with zero attached hydrogens (tertiary/aromatic N) is 3. The van der Waals surface area contributed by atoms with Gasteiger partial charge in [0.1, 0.15) is 28.3 Å². The summed E-state index contributed by atoms with van der Waals surface area (Å²) < 4.78 is 12.1. The monoisotopic (exact) mass is 458 g/mol. The summed E-state index contributed by atoms with van der Waals surface area (Å²) in [5.74, 6) is 2.00. The average molecular weight is 459 g/mol.